The first-order chi connectivity index (χ1) is 8.52. The molecule has 0 aromatic heterocycles. The van der Waals surface area contributed by atoms with Crippen molar-refractivity contribution in [2.75, 3.05) is 20.3 Å². The Labute approximate surface area is 114 Å². The van der Waals surface area contributed by atoms with E-state index in [-0.39, 0.29) is 24.4 Å². The molecule has 6 heteroatoms. The maximum Gasteiger partial charge on any atom is 0.258 e. The Balaban J connectivity index is 2.42. The number of hydrogen-bond donors (Lipinski definition) is 1. The van der Waals surface area contributed by atoms with Gasteiger partial charge in [0.05, 0.1) is 11.1 Å². The van der Waals surface area contributed by atoms with Gasteiger partial charge in [-0.2, -0.15) is 0 Å². The summed E-state index contributed by atoms with van der Waals surface area (Å²) in [4.78, 5) is 11.5. The average molecular weight is 320 g/mol. The molecular weight excluding hydrogens is 305 g/mol. The van der Waals surface area contributed by atoms with Crippen molar-refractivity contribution in [3.63, 3.8) is 0 Å². The molecule has 0 radical (unpaired) electrons. The van der Waals surface area contributed by atoms with Crippen LogP contribution in [0.2, 0.25) is 0 Å². The highest BCUT2D eigenvalue weighted by molar-refractivity contribution is 9.10. The van der Waals surface area contributed by atoms with Crippen molar-refractivity contribution >= 4 is 21.8 Å². The van der Waals surface area contributed by atoms with E-state index >= 15 is 0 Å². The van der Waals surface area contributed by atoms with Gasteiger partial charge in [-0.25, -0.2) is 4.39 Å². The van der Waals surface area contributed by atoms with E-state index < -0.39 is 0 Å². The zero-order valence-electron chi connectivity index (χ0n) is 10.2. The molecule has 0 fully saturated rings. The van der Waals surface area contributed by atoms with Crippen LogP contribution in [0, 0.1) is 5.82 Å². The fraction of sp³-hybridized carbons (Fsp3) is 0.417. The molecule has 1 aromatic carbocycles. The number of nitrogens with one attached hydrogen (secondary N) is 1. The fourth-order valence-electron chi connectivity index (χ4n) is 1.34. The van der Waals surface area contributed by atoms with Crippen LogP contribution < -0.4 is 10.1 Å². The van der Waals surface area contributed by atoms with E-state index in [1.807, 2.05) is 6.92 Å². The minimum absolute atomic E-state index is 0.0808. The van der Waals surface area contributed by atoms with Gasteiger partial charge < -0.3 is 14.8 Å². The number of halogens is 2. The second kappa shape index (κ2) is 7.33. The van der Waals surface area contributed by atoms with Gasteiger partial charge in [0, 0.05) is 13.2 Å². The quantitative estimate of drug-likeness (QED) is 0.873. The molecule has 0 saturated carbocycles. The van der Waals surface area contributed by atoms with E-state index in [0.717, 1.165) is 0 Å². The second-order valence-corrected chi connectivity index (χ2v) is 4.64. The normalized spacial score (nSPS) is 12.0. The van der Waals surface area contributed by atoms with Gasteiger partial charge in [-0.05, 0) is 41.1 Å². The first-order valence-electron chi connectivity index (χ1n) is 5.39. The van der Waals surface area contributed by atoms with Crippen LogP contribution in [0.1, 0.15) is 6.92 Å². The highest BCUT2D eigenvalue weighted by Crippen LogP contribution is 2.25. The first-order valence-corrected chi connectivity index (χ1v) is 6.18. The molecule has 0 aliphatic carbocycles. The van der Waals surface area contributed by atoms with Gasteiger partial charge in [0.2, 0.25) is 0 Å². The monoisotopic (exact) mass is 319 g/mol. The molecule has 0 bridgehead atoms. The first kappa shape index (κ1) is 14.9. The predicted molar refractivity (Wildman–Crippen MR) is 69.1 cm³/mol. The number of hydrogen-bond acceptors (Lipinski definition) is 3. The molecule has 1 N–H and O–H groups in total. The minimum Gasteiger partial charge on any atom is -0.483 e. The van der Waals surface area contributed by atoms with Gasteiger partial charge in [0.1, 0.15) is 11.6 Å². The van der Waals surface area contributed by atoms with Crippen molar-refractivity contribution in [2.24, 2.45) is 0 Å². The molecule has 0 aliphatic heterocycles. The van der Waals surface area contributed by atoms with Gasteiger partial charge in [0.15, 0.2) is 6.61 Å². The van der Waals surface area contributed by atoms with Gasteiger partial charge in [0.25, 0.3) is 5.91 Å². The van der Waals surface area contributed by atoms with Crippen molar-refractivity contribution < 1.29 is 18.7 Å². The SMILES string of the molecule is COCC(C)NC(=O)COc1ccc(F)cc1Br. The molecule has 0 saturated heterocycles. The van der Waals surface area contributed by atoms with Crippen molar-refractivity contribution in [1.29, 1.82) is 0 Å². The molecule has 1 atom stereocenters. The van der Waals surface area contributed by atoms with Crippen LogP contribution >= 0.6 is 15.9 Å². The van der Waals surface area contributed by atoms with E-state index in [9.17, 15) is 9.18 Å². The lowest BCUT2D eigenvalue weighted by Gasteiger charge is -2.13. The largest absolute Gasteiger partial charge is 0.483 e. The van der Waals surface area contributed by atoms with Crippen molar-refractivity contribution in [2.45, 2.75) is 13.0 Å². The number of benzene rings is 1. The van der Waals surface area contributed by atoms with Gasteiger partial charge in [-0.1, -0.05) is 0 Å². The summed E-state index contributed by atoms with van der Waals surface area (Å²) in [5.74, 6) is -0.200. The number of methoxy groups -OCH3 is 1. The Morgan fingerprint density at radius 3 is 2.89 bits per heavy atom. The smallest absolute Gasteiger partial charge is 0.258 e. The summed E-state index contributed by atoms with van der Waals surface area (Å²) in [7, 11) is 1.56. The molecule has 0 heterocycles. The molecule has 1 aromatic rings. The van der Waals surface area contributed by atoms with Gasteiger partial charge in [-0.3, -0.25) is 4.79 Å². The van der Waals surface area contributed by atoms with Crippen molar-refractivity contribution in [3.8, 4) is 5.75 Å². The molecule has 100 valence electrons. The Bertz CT molecular complexity index is 414. The summed E-state index contributed by atoms with van der Waals surface area (Å²) >= 11 is 3.16. The summed E-state index contributed by atoms with van der Waals surface area (Å²) in [6, 6.07) is 3.93. The van der Waals surface area contributed by atoms with E-state index in [1.54, 1.807) is 7.11 Å². The number of ether oxygens (including phenoxy) is 2. The molecule has 4 nitrogen and oxygen atoms in total. The lowest BCUT2D eigenvalue weighted by atomic mass is 10.3. The summed E-state index contributed by atoms with van der Waals surface area (Å²) in [5, 5.41) is 2.70. The predicted octanol–water partition coefficient (Wildman–Crippen LogP) is 2.12. The summed E-state index contributed by atoms with van der Waals surface area (Å²) < 4.78 is 23.5. The molecule has 18 heavy (non-hydrogen) atoms. The van der Waals surface area contributed by atoms with E-state index in [2.05, 4.69) is 21.2 Å². The maximum absolute atomic E-state index is 12.8. The Hall–Kier alpha value is -1.14. The number of amides is 1. The molecule has 0 spiro atoms. The maximum atomic E-state index is 12.8. The van der Waals surface area contributed by atoms with E-state index in [4.69, 9.17) is 9.47 Å². The molecular formula is C12H15BrFNO3. The van der Waals surface area contributed by atoms with Crippen LogP contribution in [0.4, 0.5) is 4.39 Å². The number of rotatable bonds is 6. The lowest BCUT2D eigenvalue weighted by molar-refractivity contribution is -0.124. The highest BCUT2D eigenvalue weighted by Gasteiger charge is 2.09. The van der Waals surface area contributed by atoms with Crippen LogP contribution in [0.15, 0.2) is 22.7 Å². The van der Waals surface area contributed by atoms with Crippen LogP contribution in [-0.4, -0.2) is 32.3 Å². The van der Waals surface area contributed by atoms with Crippen LogP contribution in [-0.2, 0) is 9.53 Å². The van der Waals surface area contributed by atoms with Crippen LogP contribution in [0.5, 0.6) is 5.75 Å². The zero-order chi connectivity index (χ0) is 13.5. The standard InChI is InChI=1S/C12H15BrFNO3/c1-8(6-17-2)15-12(16)7-18-11-4-3-9(14)5-10(11)13/h3-5,8H,6-7H2,1-2H3,(H,15,16). The number of carbonyl (C=O) groups is 1. The molecule has 1 unspecified atom stereocenters. The molecule has 1 rings (SSSR count). The third-order valence-corrected chi connectivity index (χ3v) is 2.70. The third-order valence-electron chi connectivity index (χ3n) is 2.08. The van der Waals surface area contributed by atoms with Crippen molar-refractivity contribution in [3.05, 3.63) is 28.5 Å². The summed E-state index contributed by atoms with van der Waals surface area (Å²) in [6.45, 7) is 2.14. The lowest BCUT2D eigenvalue weighted by Crippen LogP contribution is -2.38. The second-order valence-electron chi connectivity index (χ2n) is 3.79. The fourth-order valence-corrected chi connectivity index (χ4v) is 1.81. The summed E-state index contributed by atoms with van der Waals surface area (Å²) in [6.07, 6.45) is 0. The third kappa shape index (κ3) is 5.01. The average Bonchev–Trinajstić information content (AvgIpc) is 2.28. The highest BCUT2D eigenvalue weighted by atomic mass is 79.9. The van der Waals surface area contributed by atoms with Gasteiger partial charge >= 0.3 is 0 Å². The van der Waals surface area contributed by atoms with Crippen LogP contribution in [0.25, 0.3) is 0 Å². The Kier molecular flexibility index (Phi) is 6.07. The van der Waals surface area contributed by atoms with E-state index in [0.29, 0.717) is 16.8 Å². The van der Waals surface area contributed by atoms with Crippen LogP contribution in [0.3, 0.4) is 0 Å². The minimum atomic E-state index is -0.368. The summed E-state index contributed by atoms with van der Waals surface area (Å²) in [5.41, 5.74) is 0. The van der Waals surface area contributed by atoms with Crippen molar-refractivity contribution in [1.82, 2.24) is 5.32 Å². The van der Waals surface area contributed by atoms with Gasteiger partial charge in [-0.15, -0.1) is 0 Å². The Morgan fingerprint density at radius 2 is 2.28 bits per heavy atom. The topological polar surface area (TPSA) is 47.6 Å². The Morgan fingerprint density at radius 1 is 1.56 bits per heavy atom. The van der Waals surface area contributed by atoms with E-state index in [1.165, 1.54) is 18.2 Å². The number of carbonyl (C=O) groups excluding carboxylic acids is 1. The zero-order valence-corrected chi connectivity index (χ0v) is 11.8. The molecule has 0 aliphatic rings. The molecule has 1 amide bonds.